The maximum absolute atomic E-state index is 13.8. The van der Waals surface area contributed by atoms with Crippen LogP contribution in [0.2, 0.25) is 5.02 Å². The van der Waals surface area contributed by atoms with Crippen LogP contribution in [0.15, 0.2) is 41.2 Å². The van der Waals surface area contributed by atoms with Crippen molar-refractivity contribution in [1.82, 2.24) is 14.9 Å². The van der Waals surface area contributed by atoms with Gasteiger partial charge in [-0.15, -0.1) is 0 Å². The third-order valence-corrected chi connectivity index (χ3v) is 4.35. The van der Waals surface area contributed by atoms with Crippen molar-refractivity contribution in [3.05, 3.63) is 69.2 Å². The normalized spacial score (nSPS) is 11.5. The van der Waals surface area contributed by atoms with Crippen LogP contribution in [0.1, 0.15) is 26.6 Å². The van der Waals surface area contributed by atoms with E-state index in [1.807, 2.05) is 0 Å². The Hall–Kier alpha value is -3.00. The maximum atomic E-state index is 13.8. The molecule has 0 aliphatic carbocycles. The van der Waals surface area contributed by atoms with Gasteiger partial charge in [0.25, 0.3) is 5.56 Å². The van der Waals surface area contributed by atoms with Crippen molar-refractivity contribution in [2.75, 3.05) is 6.54 Å². The number of nitrogens with one attached hydrogen (secondary N) is 1. The lowest BCUT2D eigenvalue weighted by atomic mass is 10.2. The first-order valence-electron chi connectivity index (χ1n) is 9.18. The summed E-state index contributed by atoms with van der Waals surface area (Å²) in [6.45, 7) is 5.27. The lowest BCUT2D eigenvalue weighted by molar-refractivity contribution is 0.0528. The van der Waals surface area contributed by atoms with Crippen molar-refractivity contribution in [1.29, 1.82) is 0 Å². The minimum absolute atomic E-state index is 0.0147. The van der Waals surface area contributed by atoms with Crippen molar-refractivity contribution in [3.8, 4) is 5.69 Å². The van der Waals surface area contributed by atoms with Gasteiger partial charge in [0.2, 0.25) is 0 Å². The Kier molecular flexibility index (Phi) is 6.07. The molecule has 0 aliphatic heterocycles. The SMILES string of the molecule is CC(C)(C)OC(=O)NCCc1nc2c(Cl)cccc2c(=O)n1-c1cc(F)cc(F)c1. The van der Waals surface area contributed by atoms with Crippen molar-refractivity contribution in [2.24, 2.45) is 0 Å². The lowest BCUT2D eigenvalue weighted by Gasteiger charge is -2.20. The highest BCUT2D eigenvalue weighted by molar-refractivity contribution is 6.34. The van der Waals surface area contributed by atoms with Gasteiger partial charge in [0.15, 0.2) is 0 Å². The molecular formula is C21H20ClF2N3O3. The highest BCUT2D eigenvalue weighted by Crippen LogP contribution is 2.21. The largest absolute Gasteiger partial charge is 0.444 e. The summed E-state index contributed by atoms with van der Waals surface area (Å²) in [7, 11) is 0. The summed E-state index contributed by atoms with van der Waals surface area (Å²) >= 11 is 6.19. The average molecular weight is 436 g/mol. The quantitative estimate of drug-likeness (QED) is 0.659. The van der Waals surface area contributed by atoms with Crippen LogP contribution in [0.5, 0.6) is 0 Å². The van der Waals surface area contributed by atoms with Gasteiger partial charge in [0.05, 0.1) is 21.6 Å². The van der Waals surface area contributed by atoms with Crippen LogP contribution < -0.4 is 10.9 Å². The summed E-state index contributed by atoms with van der Waals surface area (Å²) in [6.07, 6.45) is -0.541. The minimum atomic E-state index is -0.832. The Morgan fingerprint density at radius 1 is 1.20 bits per heavy atom. The number of ether oxygens (including phenoxy) is 1. The number of amides is 1. The van der Waals surface area contributed by atoms with E-state index in [9.17, 15) is 18.4 Å². The van der Waals surface area contributed by atoms with E-state index < -0.39 is 28.9 Å². The zero-order valence-corrected chi connectivity index (χ0v) is 17.4. The number of hydrogen-bond donors (Lipinski definition) is 1. The topological polar surface area (TPSA) is 73.2 Å². The van der Waals surface area contributed by atoms with Crippen LogP contribution in [0, 0.1) is 11.6 Å². The molecule has 0 saturated carbocycles. The Labute approximate surface area is 176 Å². The molecule has 3 rings (SSSR count). The Bertz CT molecular complexity index is 1150. The molecular weight excluding hydrogens is 416 g/mol. The molecule has 0 saturated heterocycles. The zero-order valence-electron chi connectivity index (χ0n) is 16.6. The van der Waals surface area contributed by atoms with Crippen LogP contribution in [-0.4, -0.2) is 27.8 Å². The fourth-order valence-corrected chi connectivity index (χ4v) is 3.13. The van der Waals surface area contributed by atoms with Crippen molar-refractivity contribution < 1.29 is 18.3 Å². The number of benzene rings is 2. The molecule has 9 heteroatoms. The molecule has 1 amide bonds. The number of para-hydroxylation sites is 1. The first-order valence-corrected chi connectivity index (χ1v) is 9.56. The summed E-state index contributed by atoms with van der Waals surface area (Å²) in [4.78, 5) is 29.4. The molecule has 1 heterocycles. The van der Waals surface area contributed by atoms with Crippen LogP contribution in [-0.2, 0) is 11.2 Å². The summed E-state index contributed by atoms with van der Waals surface area (Å²) in [5, 5.41) is 3.05. The molecule has 1 aromatic heterocycles. The summed E-state index contributed by atoms with van der Waals surface area (Å²) in [5.41, 5.74) is -0.941. The van der Waals surface area contributed by atoms with E-state index in [1.165, 1.54) is 6.07 Å². The fraction of sp³-hybridized carbons (Fsp3) is 0.286. The van der Waals surface area contributed by atoms with Gasteiger partial charge in [-0.1, -0.05) is 17.7 Å². The van der Waals surface area contributed by atoms with Crippen LogP contribution in [0.3, 0.4) is 0 Å². The molecule has 30 heavy (non-hydrogen) atoms. The highest BCUT2D eigenvalue weighted by Gasteiger charge is 2.18. The maximum Gasteiger partial charge on any atom is 0.407 e. The average Bonchev–Trinajstić information content (AvgIpc) is 2.60. The predicted molar refractivity (Wildman–Crippen MR) is 110 cm³/mol. The smallest absolute Gasteiger partial charge is 0.407 e. The van der Waals surface area contributed by atoms with E-state index in [2.05, 4.69) is 10.3 Å². The number of alkyl carbamates (subject to hydrolysis) is 1. The summed E-state index contributed by atoms with van der Waals surface area (Å²) in [5.74, 6) is -1.48. The summed E-state index contributed by atoms with van der Waals surface area (Å²) < 4.78 is 33.9. The zero-order chi connectivity index (χ0) is 22.1. The number of hydrogen-bond acceptors (Lipinski definition) is 4. The number of aromatic nitrogens is 2. The summed E-state index contributed by atoms with van der Waals surface area (Å²) in [6, 6.07) is 7.49. The first kappa shape index (κ1) is 21.7. The van der Waals surface area contributed by atoms with E-state index in [4.69, 9.17) is 16.3 Å². The van der Waals surface area contributed by atoms with E-state index >= 15 is 0 Å². The second-order valence-electron chi connectivity index (χ2n) is 7.61. The second kappa shape index (κ2) is 8.39. The minimum Gasteiger partial charge on any atom is -0.444 e. The van der Waals surface area contributed by atoms with Crippen LogP contribution >= 0.6 is 11.6 Å². The molecule has 158 valence electrons. The van der Waals surface area contributed by atoms with Gasteiger partial charge in [-0.25, -0.2) is 18.6 Å². The van der Waals surface area contributed by atoms with Gasteiger partial charge in [0, 0.05) is 19.0 Å². The van der Waals surface area contributed by atoms with E-state index in [1.54, 1.807) is 32.9 Å². The van der Waals surface area contributed by atoms with Crippen molar-refractivity contribution in [3.63, 3.8) is 0 Å². The van der Waals surface area contributed by atoms with E-state index in [0.29, 0.717) is 6.07 Å². The van der Waals surface area contributed by atoms with Gasteiger partial charge >= 0.3 is 6.09 Å². The van der Waals surface area contributed by atoms with Crippen molar-refractivity contribution >= 4 is 28.6 Å². The number of carbonyl (C=O) groups excluding carboxylic acids is 1. The lowest BCUT2D eigenvalue weighted by Crippen LogP contribution is -2.34. The molecule has 1 N–H and O–H groups in total. The monoisotopic (exact) mass is 435 g/mol. The van der Waals surface area contributed by atoms with Crippen LogP contribution in [0.4, 0.5) is 13.6 Å². The Morgan fingerprint density at radius 2 is 1.87 bits per heavy atom. The molecule has 0 atom stereocenters. The molecule has 0 fully saturated rings. The molecule has 0 radical (unpaired) electrons. The molecule has 0 bridgehead atoms. The van der Waals surface area contributed by atoms with Gasteiger partial charge in [-0.3, -0.25) is 9.36 Å². The van der Waals surface area contributed by atoms with E-state index in [-0.39, 0.29) is 40.4 Å². The fourth-order valence-electron chi connectivity index (χ4n) is 2.91. The van der Waals surface area contributed by atoms with Crippen molar-refractivity contribution in [2.45, 2.75) is 32.8 Å². The van der Waals surface area contributed by atoms with Crippen LogP contribution in [0.25, 0.3) is 16.6 Å². The molecule has 6 nitrogen and oxygen atoms in total. The molecule has 3 aromatic rings. The van der Waals surface area contributed by atoms with E-state index in [0.717, 1.165) is 16.7 Å². The number of halogens is 3. The number of nitrogens with zero attached hydrogens (tertiary/aromatic N) is 2. The third-order valence-electron chi connectivity index (χ3n) is 4.04. The van der Waals surface area contributed by atoms with Gasteiger partial charge in [-0.2, -0.15) is 0 Å². The highest BCUT2D eigenvalue weighted by atomic mass is 35.5. The molecule has 0 unspecified atom stereocenters. The van der Waals surface area contributed by atoms with Gasteiger partial charge in [0.1, 0.15) is 23.1 Å². The molecule has 2 aromatic carbocycles. The standard InChI is InChI=1S/C21H20ClF2N3O3/c1-21(2,3)30-20(29)25-8-7-17-26-18-15(5-4-6-16(18)22)19(28)27(17)14-10-12(23)9-13(24)11-14/h4-6,9-11H,7-8H2,1-3H3,(H,25,29). The molecule has 0 aliphatic rings. The predicted octanol–water partition coefficient (Wildman–Crippen LogP) is 4.38. The first-order chi connectivity index (χ1) is 14.0. The molecule has 0 spiro atoms. The number of carbonyl (C=O) groups is 1. The number of fused-ring (bicyclic) bond motifs is 1. The van der Waals surface area contributed by atoms with Gasteiger partial charge < -0.3 is 10.1 Å². The number of rotatable bonds is 4. The Balaban J connectivity index is 2.04. The third kappa shape index (κ3) is 4.94. The van der Waals surface area contributed by atoms with Gasteiger partial charge in [-0.05, 0) is 45.0 Å². The Morgan fingerprint density at radius 3 is 2.50 bits per heavy atom. The second-order valence-corrected chi connectivity index (χ2v) is 8.02.